The van der Waals surface area contributed by atoms with Gasteiger partial charge in [0.2, 0.25) is 11.8 Å². The molecule has 1 heterocycles. The average Bonchev–Trinajstić information content (AvgIpc) is 2.40. The van der Waals surface area contributed by atoms with Gasteiger partial charge in [-0.3, -0.25) is 13.8 Å². The van der Waals surface area contributed by atoms with Crippen LogP contribution in [0.25, 0.3) is 0 Å². The number of β-lactam (4-membered cyclic amide) rings is 1. The van der Waals surface area contributed by atoms with Gasteiger partial charge in [0.1, 0.15) is 11.9 Å². The Hall–Kier alpha value is -1.69. The van der Waals surface area contributed by atoms with E-state index >= 15 is 0 Å². The topological polar surface area (TPSA) is 66.5 Å². The molecule has 0 bridgehead atoms. The van der Waals surface area contributed by atoms with Crippen molar-refractivity contribution in [2.75, 3.05) is 12.8 Å². The minimum Gasteiger partial charge on any atom is -0.350 e. The quantitative estimate of drug-likeness (QED) is 0.786. The summed E-state index contributed by atoms with van der Waals surface area (Å²) < 4.78 is 11.3. The van der Waals surface area contributed by atoms with Crippen molar-refractivity contribution in [3.05, 3.63) is 35.9 Å². The van der Waals surface area contributed by atoms with Gasteiger partial charge in [-0.15, -0.1) is 0 Å². The van der Waals surface area contributed by atoms with E-state index in [-0.39, 0.29) is 30.2 Å². The standard InChI is InChI=1S/C13H16N2O3S/c1-19(18)13-7-12(17)15(13)9-11(16)14-8-10-5-3-2-4-6-10/h2-6,13H,7-9H2,1H3,(H,14,16)/t13-,19?/m0/s1. The highest BCUT2D eigenvalue weighted by molar-refractivity contribution is 7.85. The number of nitrogens with one attached hydrogen (secondary N) is 1. The first-order valence-electron chi connectivity index (χ1n) is 6.00. The van der Waals surface area contributed by atoms with Gasteiger partial charge in [0.05, 0.1) is 6.42 Å². The fraction of sp³-hybridized carbons (Fsp3) is 0.385. The second-order valence-electron chi connectivity index (χ2n) is 4.44. The minimum absolute atomic E-state index is 0.0179. The third-order valence-corrected chi connectivity index (χ3v) is 4.23. The van der Waals surface area contributed by atoms with E-state index in [9.17, 15) is 13.8 Å². The molecule has 0 saturated carbocycles. The Bertz CT molecular complexity index is 504. The van der Waals surface area contributed by atoms with Crippen LogP contribution in [0, 0.1) is 0 Å². The normalized spacial score (nSPS) is 19.7. The number of benzene rings is 1. The summed E-state index contributed by atoms with van der Waals surface area (Å²) in [4.78, 5) is 24.5. The molecule has 1 unspecified atom stereocenters. The molecule has 0 aromatic heterocycles. The summed E-state index contributed by atoms with van der Waals surface area (Å²) in [5.41, 5.74) is 1.00. The van der Waals surface area contributed by atoms with Crippen molar-refractivity contribution in [3.63, 3.8) is 0 Å². The molecule has 1 saturated heterocycles. The molecule has 2 amide bonds. The highest BCUT2D eigenvalue weighted by Gasteiger charge is 2.39. The van der Waals surface area contributed by atoms with Crippen LogP contribution in [0.5, 0.6) is 0 Å². The molecule has 1 N–H and O–H groups in total. The summed E-state index contributed by atoms with van der Waals surface area (Å²) in [6.45, 7) is 0.414. The molecular formula is C13H16N2O3S. The second-order valence-corrected chi connectivity index (χ2v) is 5.98. The number of hydrogen-bond acceptors (Lipinski definition) is 3. The third-order valence-electron chi connectivity index (χ3n) is 3.05. The summed E-state index contributed by atoms with van der Waals surface area (Å²) in [6, 6.07) is 9.54. The Morgan fingerprint density at radius 1 is 1.42 bits per heavy atom. The number of nitrogens with zero attached hydrogens (tertiary/aromatic N) is 1. The van der Waals surface area contributed by atoms with Crippen molar-refractivity contribution in [1.82, 2.24) is 10.2 Å². The van der Waals surface area contributed by atoms with Crippen LogP contribution < -0.4 is 5.32 Å². The summed E-state index contributed by atoms with van der Waals surface area (Å²) in [6.07, 6.45) is 1.82. The van der Waals surface area contributed by atoms with Gasteiger partial charge in [-0.2, -0.15) is 0 Å². The van der Waals surface area contributed by atoms with Gasteiger partial charge in [-0.1, -0.05) is 30.3 Å². The zero-order valence-corrected chi connectivity index (χ0v) is 11.5. The Morgan fingerprint density at radius 3 is 2.68 bits per heavy atom. The van der Waals surface area contributed by atoms with Crippen molar-refractivity contribution < 1.29 is 13.8 Å². The van der Waals surface area contributed by atoms with Crippen LogP contribution in [0.15, 0.2) is 30.3 Å². The molecule has 19 heavy (non-hydrogen) atoms. The maximum atomic E-state index is 11.7. The molecule has 1 fully saturated rings. The van der Waals surface area contributed by atoms with E-state index in [4.69, 9.17) is 0 Å². The van der Waals surface area contributed by atoms with Crippen LogP contribution in [0.2, 0.25) is 0 Å². The zero-order valence-electron chi connectivity index (χ0n) is 10.7. The van der Waals surface area contributed by atoms with Gasteiger partial charge in [0.25, 0.3) is 0 Å². The molecule has 1 aliphatic heterocycles. The van der Waals surface area contributed by atoms with E-state index in [1.807, 2.05) is 30.3 Å². The molecule has 6 heteroatoms. The maximum Gasteiger partial charge on any atom is 0.239 e. The lowest BCUT2D eigenvalue weighted by Gasteiger charge is -2.38. The molecule has 0 radical (unpaired) electrons. The summed E-state index contributed by atoms with van der Waals surface area (Å²) in [7, 11) is -1.11. The van der Waals surface area contributed by atoms with Gasteiger partial charge in [-0.25, -0.2) is 0 Å². The predicted molar refractivity (Wildman–Crippen MR) is 72.5 cm³/mol. The van der Waals surface area contributed by atoms with E-state index in [0.29, 0.717) is 6.54 Å². The number of hydrogen-bond donors (Lipinski definition) is 1. The predicted octanol–water partition coefficient (Wildman–Crippen LogP) is 0.240. The fourth-order valence-electron chi connectivity index (χ4n) is 1.92. The summed E-state index contributed by atoms with van der Waals surface area (Å²) in [5.74, 6) is -0.345. The average molecular weight is 280 g/mol. The van der Waals surface area contributed by atoms with E-state index in [2.05, 4.69) is 5.32 Å². The Balaban J connectivity index is 1.81. The van der Waals surface area contributed by atoms with Crippen LogP contribution >= 0.6 is 0 Å². The lowest BCUT2D eigenvalue weighted by atomic mass is 10.2. The van der Waals surface area contributed by atoms with E-state index < -0.39 is 10.8 Å². The van der Waals surface area contributed by atoms with Gasteiger partial charge in [-0.05, 0) is 5.56 Å². The van der Waals surface area contributed by atoms with Crippen molar-refractivity contribution in [1.29, 1.82) is 0 Å². The van der Waals surface area contributed by atoms with Gasteiger partial charge < -0.3 is 10.2 Å². The molecule has 1 aromatic rings. The van der Waals surface area contributed by atoms with Crippen molar-refractivity contribution in [3.8, 4) is 0 Å². The number of carbonyl (C=O) groups excluding carboxylic acids is 2. The van der Waals surface area contributed by atoms with Crippen LogP contribution in [-0.4, -0.2) is 39.1 Å². The molecule has 5 nitrogen and oxygen atoms in total. The van der Waals surface area contributed by atoms with Crippen LogP contribution in [-0.2, 0) is 26.9 Å². The number of amides is 2. The Morgan fingerprint density at radius 2 is 2.11 bits per heavy atom. The first-order chi connectivity index (χ1) is 9.08. The van der Waals surface area contributed by atoms with Crippen LogP contribution in [0.1, 0.15) is 12.0 Å². The molecule has 1 aromatic carbocycles. The van der Waals surface area contributed by atoms with Gasteiger partial charge >= 0.3 is 0 Å². The molecule has 0 aliphatic carbocycles. The molecule has 1 aliphatic rings. The first kappa shape index (κ1) is 13.7. The van der Waals surface area contributed by atoms with E-state index in [1.165, 1.54) is 4.90 Å². The highest BCUT2D eigenvalue weighted by Crippen LogP contribution is 2.20. The van der Waals surface area contributed by atoms with E-state index in [1.54, 1.807) is 6.26 Å². The fourth-order valence-corrected chi connectivity index (χ4v) is 2.85. The first-order valence-corrected chi connectivity index (χ1v) is 7.62. The zero-order chi connectivity index (χ0) is 13.8. The summed E-state index contributed by atoms with van der Waals surface area (Å²) in [5, 5.41) is 2.44. The lowest BCUT2D eigenvalue weighted by molar-refractivity contribution is -0.145. The van der Waals surface area contributed by atoms with Crippen LogP contribution in [0.3, 0.4) is 0 Å². The molecular weight excluding hydrogens is 264 g/mol. The van der Waals surface area contributed by atoms with Crippen molar-refractivity contribution in [2.24, 2.45) is 0 Å². The largest absolute Gasteiger partial charge is 0.350 e. The van der Waals surface area contributed by atoms with Crippen molar-refractivity contribution >= 4 is 22.6 Å². The number of rotatable bonds is 5. The number of likely N-dealkylation sites (tertiary alicyclic amines) is 1. The lowest BCUT2D eigenvalue weighted by Crippen LogP contribution is -2.57. The van der Waals surface area contributed by atoms with Crippen LogP contribution in [0.4, 0.5) is 0 Å². The Labute approximate surface area is 114 Å². The molecule has 102 valence electrons. The molecule has 2 atom stereocenters. The number of carbonyl (C=O) groups is 2. The van der Waals surface area contributed by atoms with Crippen molar-refractivity contribution in [2.45, 2.75) is 18.3 Å². The minimum atomic E-state index is -1.11. The summed E-state index contributed by atoms with van der Waals surface area (Å²) >= 11 is 0. The Kier molecular flexibility index (Phi) is 4.31. The highest BCUT2D eigenvalue weighted by atomic mass is 32.2. The van der Waals surface area contributed by atoms with Gasteiger partial charge in [0, 0.05) is 23.6 Å². The molecule has 2 rings (SSSR count). The maximum absolute atomic E-state index is 11.7. The SMILES string of the molecule is CS(=O)[C@H]1CC(=O)N1CC(=O)NCc1ccccc1. The third kappa shape index (κ3) is 3.41. The smallest absolute Gasteiger partial charge is 0.239 e. The molecule has 0 spiro atoms. The second kappa shape index (κ2) is 5.97. The van der Waals surface area contributed by atoms with E-state index in [0.717, 1.165) is 5.56 Å². The monoisotopic (exact) mass is 280 g/mol. The van der Waals surface area contributed by atoms with Gasteiger partial charge in [0.15, 0.2) is 0 Å².